The topological polar surface area (TPSA) is 181 Å². The van der Waals surface area contributed by atoms with E-state index in [4.69, 9.17) is 5.73 Å². The van der Waals surface area contributed by atoms with E-state index in [1.54, 1.807) is 6.07 Å². The minimum atomic E-state index is -2.52. The monoisotopic (exact) mass is 575 g/mol. The van der Waals surface area contributed by atoms with Gasteiger partial charge in [0.2, 0.25) is 5.91 Å². The summed E-state index contributed by atoms with van der Waals surface area (Å²) in [6.07, 6.45) is 0.305. The lowest BCUT2D eigenvalue weighted by Gasteiger charge is -2.48. The number of phenolic OH excluding ortho intramolecular Hbond substituents is 1. The number of Topliss-reactive ketones (excluding diaryl/α,β-unsaturated/α-hetero) is 2. The van der Waals surface area contributed by atoms with Crippen LogP contribution in [-0.2, 0) is 32.9 Å². The first-order chi connectivity index (χ1) is 14.9. The van der Waals surface area contributed by atoms with Gasteiger partial charge in [-0.3, -0.25) is 14.4 Å². The van der Waals surface area contributed by atoms with Gasteiger partial charge in [0.05, 0.1) is 17.9 Å². The van der Waals surface area contributed by atoms with Crippen molar-refractivity contribution >= 4 is 51.2 Å². The van der Waals surface area contributed by atoms with Gasteiger partial charge in [0.1, 0.15) is 23.2 Å². The van der Waals surface area contributed by atoms with Crippen LogP contribution in [0.5, 0.6) is 5.75 Å². The number of carbonyl (C=O) groups is 3. The number of fused-ring (bicyclic) bond motifs is 3. The molecule has 3 aliphatic carbocycles. The Balaban J connectivity index is 1.88. The second-order valence-electron chi connectivity index (χ2n) is 8.68. The maximum atomic E-state index is 13.5. The number of hydrogen-bond acceptors (Lipinski definition) is 8. The molecule has 1 aromatic carbocycles. The van der Waals surface area contributed by atoms with Crippen molar-refractivity contribution in [2.24, 2.45) is 23.5 Å². The molecule has 0 aromatic heterocycles. The highest BCUT2D eigenvalue weighted by molar-refractivity contribution is 14.1. The maximum absolute atomic E-state index is 13.5. The molecule has 0 heterocycles. The van der Waals surface area contributed by atoms with Crippen molar-refractivity contribution in [3.05, 3.63) is 37.7 Å². The van der Waals surface area contributed by atoms with Gasteiger partial charge >= 0.3 is 0 Å². The number of hydrogen-bond donors (Lipinski definition) is 5. The lowest BCUT2D eigenvalue weighted by Crippen LogP contribution is -2.63. The molecule has 1 amide bonds. The predicted octanol–water partition coefficient (Wildman–Crippen LogP) is 0.229. The number of phenols is 1. The molecule has 6 atom stereocenters. The van der Waals surface area contributed by atoms with Crippen LogP contribution in [0.1, 0.15) is 34.3 Å². The van der Waals surface area contributed by atoms with Crippen LogP contribution in [0.15, 0.2) is 17.4 Å². The maximum Gasteiger partial charge on any atom is 0.230 e. The van der Waals surface area contributed by atoms with Gasteiger partial charge in [-0.25, -0.2) is 0 Å². The Bertz CT molecular complexity index is 1090. The molecule has 172 valence electrons. The van der Waals surface area contributed by atoms with Gasteiger partial charge < -0.3 is 30.7 Å². The molecule has 0 bridgehead atoms. The van der Waals surface area contributed by atoms with Crippen LogP contribution in [0.2, 0.25) is 0 Å². The van der Waals surface area contributed by atoms with E-state index in [9.17, 15) is 39.4 Å². The van der Waals surface area contributed by atoms with Crippen molar-refractivity contribution in [1.29, 1.82) is 0 Å². The molecule has 0 saturated heterocycles. The number of aliphatic hydroxyl groups excluding tert-OH is 2. The van der Waals surface area contributed by atoms with Gasteiger partial charge in [0, 0.05) is 20.6 Å². The van der Waals surface area contributed by atoms with Crippen molar-refractivity contribution in [1.82, 2.24) is 0 Å². The fourth-order valence-electron chi connectivity index (χ4n) is 5.33. The number of aromatic hydroxyl groups is 1. The van der Waals surface area contributed by atoms with E-state index in [1.807, 2.05) is 22.6 Å². The van der Waals surface area contributed by atoms with Gasteiger partial charge in [-0.1, -0.05) is 11.2 Å². The average Bonchev–Trinajstić information content (AvgIpc) is 2.68. The number of nitrogens with two attached hydrogens (primary N) is 1. The van der Waals surface area contributed by atoms with Crippen LogP contribution in [0, 0.1) is 21.3 Å². The van der Waals surface area contributed by atoms with Gasteiger partial charge in [0.15, 0.2) is 17.2 Å². The van der Waals surface area contributed by atoms with Gasteiger partial charge in [-0.15, -0.1) is 0 Å². The molecule has 6 unspecified atom stereocenters. The predicted molar refractivity (Wildman–Crippen MR) is 121 cm³/mol. The van der Waals surface area contributed by atoms with Crippen LogP contribution in [0.25, 0.3) is 0 Å². The molecular formula is C21H22INO8S. The number of aliphatic hydroxyl groups is 3. The molecule has 1 fully saturated rings. The molecule has 1 aromatic rings. The third kappa shape index (κ3) is 3.28. The zero-order valence-corrected chi connectivity index (χ0v) is 20.0. The van der Waals surface area contributed by atoms with Crippen molar-refractivity contribution in [3.63, 3.8) is 0 Å². The number of benzene rings is 1. The Morgan fingerprint density at radius 2 is 2.00 bits per heavy atom. The summed E-state index contributed by atoms with van der Waals surface area (Å²) in [5.74, 6) is -7.31. The number of amides is 1. The molecule has 0 aliphatic heterocycles. The Labute approximate surface area is 200 Å². The number of allylic oxidation sites excluding steroid dienone is 1. The summed E-state index contributed by atoms with van der Waals surface area (Å²) >= 11 is 0.752. The minimum Gasteiger partial charge on any atom is -0.616 e. The second kappa shape index (κ2) is 7.97. The highest BCUT2D eigenvalue weighted by Crippen LogP contribution is 2.52. The third-order valence-electron chi connectivity index (χ3n) is 6.77. The fraction of sp³-hybridized carbons (Fsp3) is 0.476. The molecule has 0 radical (unpaired) electrons. The van der Waals surface area contributed by atoms with Crippen LogP contribution in [0.4, 0.5) is 0 Å². The fourth-order valence-corrected chi connectivity index (χ4v) is 6.85. The third-order valence-corrected chi connectivity index (χ3v) is 8.45. The van der Waals surface area contributed by atoms with Crippen molar-refractivity contribution in [3.8, 4) is 5.75 Å². The summed E-state index contributed by atoms with van der Waals surface area (Å²) in [4.78, 5) is 38.1. The van der Waals surface area contributed by atoms with E-state index in [1.165, 1.54) is 6.26 Å². The largest absolute Gasteiger partial charge is 0.616 e. The SMILES string of the molecule is C[S+]([O-])Cc1cc(I)c2c(c1O)C(=O)C1=C(O)C3(O)C(=O)C(C(N)=O)C(O)CC3CC1C2. The Hall–Kier alpha value is -1.67. The molecule has 1 saturated carbocycles. The first-order valence-corrected chi connectivity index (χ1v) is 12.8. The highest BCUT2D eigenvalue weighted by Gasteiger charge is 2.62. The molecule has 4 rings (SSSR count). The number of halogens is 1. The Kier molecular flexibility index (Phi) is 5.85. The van der Waals surface area contributed by atoms with E-state index in [-0.39, 0.29) is 41.9 Å². The number of ketones is 2. The smallest absolute Gasteiger partial charge is 0.230 e. The summed E-state index contributed by atoms with van der Waals surface area (Å²) < 4.78 is 12.4. The van der Waals surface area contributed by atoms with E-state index >= 15 is 0 Å². The first-order valence-electron chi connectivity index (χ1n) is 9.95. The zero-order valence-electron chi connectivity index (χ0n) is 17.0. The van der Waals surface area contributed by atoms with E-state index in [0.29, 0.717) is 14.7 Å². The molecule has 6 N–H and O–H groups in total. The number of carbonyl (C=O) groups excluding carboxylic acids is 3. The summed E-state index contributed by atoms with van der Waals surface area (Å²) in [6, 6.07) is 1.67. The normalized spacial score (nSPS) is 32.8. The van der Waals surface area contributed by atoms with Crippen LogP contribution in [0.3, 0.4) is 0 Å². The van der Waals surface area contributed by atoms with E-state index in [0.717, 1.165) is 0 Å². The van der Waals surface area contributed by atoms with E-state index in [2.05, 4.69) is 0 Å². The summed E-state index contributed by atoms with van der Waals surface area (Å²) in [7, 11) is 0. The first kappa shape index (κ1) is 23.5. The number of rotatable bonds is 3. The standard InChI is InChI=1S/C21H22INO8S/c1-32(31)6-8-4-11(22)10-3-7-2-9-5-12(24)15(20(23)29)19(28)21(9,30)18(27)13(7)17(26)14(10)16(8)25/h4,7,9,12,15,24-25,27,30H,2-3,5-6H2,1H3,(H2,23,29). The summed E-state index contributed by atoms with van der Waals surface area (Å²) in [6.45, 7) is 0. The van der Waals surface area contributed by atoms with Crippen LogP contribution in [-0.4, -0.2) is 60.4 Å². The molecule has 0 spiro atoms. The Morgan fingerprint density at radius 1 is 1.34 bits per heavy atom. The van der Waals surface area contributed by atoms with Crippen LogP contribution >= 0.6 is 22.6 Å². The lowest BCUT2D eigenvalue weighted by molar-refractivity contribution is -0.167. The molecule has 11 heteroatoms. The van der Waals surface area contributed by atoms with Crippen molar-refractivity contribution in [2.45, 2.75) is 36.7 Å². The molecule has 9 nitrogen and oxygen atoms in total. The van der Waals surface area contributed by atoms with Crippen molar-refractivity contribution in [2.75, 3.05) is 6.26 Å². The van der Waals surface area contributed by atoms with Gasteiger partial charge in [-0.05, 0) is 59.4 Å². The van der Waals surface area contributed by atoms with Gasteiger partial charge in [-0.2, -0.15) is 0 Å². The quantitative estimate of drug-likeness (QED) is 0.193. The summed E-state index contributed by atoms with van der Waals surface area (Å²) in [5.41, 5.74) is 3.36. The Morgan fingerprint density at radius 3 is 2.59 bits per heavy atom. The number of primary amides is 1. The highest BCUT2D eigenvalue weighted by atomic mass is 127. The van der Waals surface area contributed by atoms with Crippen LogP contribution < -0.4 is 5.73 Å². The van der Waals surface area contributed by atoms with Crippen molar-refractivity contribution < 1.29 is 39.4 Å². The molecular weight excluding hydrogens is 553 g/mol. The lowest BCUT2D eigenvalue weighted by atomic mass is 9.58. The average molecular weight is 575 g/mol. The zero-order chi connectivity index (χ0) is 23.7. The summed E-state index contributed by atoms with van der Waals surface area (Å²) in [5, 5.41) is 43.3. The second-order valence-corrected chi connectivity index (χ2v) is 11.3. The molecule has 32 heavy (non-hydrogen) atoms. The minimum absolute atomic E-state index is 0.0273. The molecule has 3 aliphatic rings. The van der Waals surface area contributed by atoms with E-state index < -0.39 is 63.9 Å². The van der Waals surface area contributed by atoms with Gasteiger partial charge in [0.25, 0.3) is 0 Å².